The fraction of sp³-hybridized carbons (Fsp3) is 0.0476. The number of nitrogens with one attached hydrogen (secondary N) is 1. The maximum Gasteiger partial charge on any atom is 0.257 e. The zero-order valence-electron chi connectivity index (χ0n) is 14.6. The molecule has 3 rings (SSSR count). The van der Waals surface area contributed by atoms with E-state index in [4.69, 9.17) is 16.9 Å². The van der Waals surface area contributed by atoms with E-state index in [0.29, 0.717) is 11.3 Å². The molecular formula is C21H15FN2O3S. The van der Waals surface area contributed by atoms with E-state index in [1.807, 2.05) is 0 Å². The molecule has 0 unspecified atom stereocenters. The molecule has 3 aromatic rings. The molecule has 0 aliphatic rings. The number of hydrogen-bond donors (Lipinski definition) is 2. The number of ether oxygens (including phenoxy) is 1. The molecular weight excluding hydrogens is 379 g/mol. The Hall–Kier alpha value is -3.63. The molecule has 1 aromatic heterocycles. The van der Waals surface area contributed by atoms with Gasteiger partial charge in [-0.1, -0.05) is 24.1 Å². The molecule has 0 fully saturated rings. The van der Waals surface area contributed by atoms with Gasteiger partial charge in [0.25, 0.3) is 5.91 Å². The SMILES string of the molecule is C#CCOc1cccc(-c2ccc(NC(=O)c3cscc3C(N)=O)c(F)c2)c1. The first-order chi connectivity index (χ1) is 13.5. The molecule has 5 nitrogen and oxygen atoms in total. The average Bonchev–Trinajstić information content (AvgIpc) is 3.18. The number of halogens is 1. The molecule has 0 atom stereocenters. The third-order valence-corrected chi connectivity index (χ3v) is 4.62. The predicted molar refractivity (Wildman–Crippen MR) is 107 cm³/mol. The van der Waals surface area contributed by atoms with Crippen molar-refractivity contribution in [3.8, 4) is 29.2 Å². The highest BCUT2D eigenvalue weighted by Gasteiger charge is 2.18. The van der Waals surface area contributed by atoms with Crippen molar-refractivity contribution >= 4 is 28.8 Å². The Balaban J connectivity index is 1.81. The summed E-state index contributed by atoms with van der Waals surface area (Å²) in [6.45, 7) is 0.138. The lowest BCUT2D eigenvalue weighted by Gasteiger charge is -2.10. The molecule has 2 amide bonds. The Morgan fingerprint density at radius 3 is 2.61 bits per heavy atom. The number of terminal acetylenes is 1. The Morgan fingerprint density at radius 1 is 1.14 bits per heavy atom. The van der Waals surface area contributed by atoms with Crippen LogP contribution in [-0.4, -0.2) is 18.4 Å². The zero-order valence-corrected chi connectivity index (χ0v) is 15.4. The predicted octanol–water partition coefficient (Wildman–Crippen LogP) is 3.92. The van der Waals surface area contributed by atoms with E-state index in [1.54, 1.807) is 30.3 Å². The van der Waals surface area contributed by atoms with E-state index in [1.165, 1.54) is 22.9 Å². The first-order valence-electron chi connectivity index (χ1n) is 8.13. The minimum atomic E-state index is -0.714. The van der Waals surface area contributed by atoms with Crippen molar-refractivity contribution < 1.29 is 18.7 Å². The lowest BCUT2D eigenvalue weighted by Crippen LogP contribution is -2.19. The molecule has 0 spiro atoms. The van der Waals surface area contributed by atoms with Crippen LogP contribution in [0.15, 0.2) is 53.2 Å². The highest BCUT2D eigenvalue weighted by molar-refractivity contribution is 7.08. The number of rotatable bonds is 6. The second-order valence-electron chi connectivity index (χ2n) is 5.73. The molecule has 28 heavy (non-hydrogen) atoms. The fourth-order valence-electron chi connectivity index (χ4n) is 2.54. The van der Waals surface area contributed by atoms with Crippen LogP contribution >= 0.6 is 11.3 Å². The van der Waals surface area contributed by atoms with E-state index in [0.717, 1.165) is 16.9 Å². The van der Waals surface area contributed by atoms with E-state index in [9.17, 15) is 14.0 Å². The average molecular weight is 394 g/mol. The van der Waals surface area contributed by atoms with Gasteiger partial charge in [0.1, 0.15) is 18.2 Å². The van der Waals surface area contributed by atoms with Crippen molar-refractivity contribution in [1.29, 1.82) is 0 Å². The lowest BCUT2D eigenvalue weighted by molar-refractivity contribution is 0.0978. The molecule has 0 saturated heterocycles. The van der Waals surface area contributed by atoms with Gasteiger partial charge in [0.15, 0.2) is 0 Å². The van der Waals surface area contributed by atoms with Gasteiger partial charge in [0.05, 0.1) is 16.8 Å². The Bertz CT molecular complexity index is 1090. The van der Waals surface area contributed by atoms with Gasteiger partial charge in [-0.2, -0.15) is 11.3 Å². The highest BCUT2D eigenvalue weighted by atomic mass is 32.1. The third-order valence-electron chi connectivity index (χ3n) is 3.88. The van der Waals surface area contributed by atoms with Gasteiger partial charge in [0, 0.05) is 10.8 Å². The molecule has 0 saturated carbocycles. The van der Waals surface area contributed by atoms with Crippen molar-refractivity contribution in [3.63, 3.8) is 0 Å². The van der Waals surface area contributed by atoms with Crippen LogP contribution in [0.4, 0.5) is 10.1 Å². The largest absolute Gasteiger partial charge is 0.481 e. The van der Waals surface area contributed by atoms with Crippen molar-refractivity contribution in [2.24, 2.45) is 5.73 Å². The van der Waals surface area contributed by atoms with Crippen molar-refractivity contribution in [2.45, 2.75) is 0 Å². The molecule has 140 valence electrons. The zero-order chi connectivity index (χ0) is 20.1. The van der Waals surface area contributed by atoms with Crippen LogP contribution in [0.3, 0.4) is 0 Å². The topological polar surface area (TPSA) is 81.4 Å². The maximum atomic E-state index is 14.5. The number of amides is 2. The number of primary amides is 1. The monoisotopic (exact) mass is 394 g/mol. The molecule has 2 aromatic carbocycles. The summed E-state index contributed by atoms with van der Waals surface area (Å²) in [6, 6.07) is 11.5. The summed E-state index contributed by atoms with van der Waals surface area (Å²) >= 11 is 1.16. The first-order valence-corrected chi connectivity index (χ1v) is 9.07. The standard InChI is InChI=1S/C21H15FN2O3S/c1-2-8-27-15-5-3-4-13(9-15)14-6-7-19(18(22)10-14)24-21(26)17-12-28-11-16(17)20(23)25/h1,3-7,9-12H,8H2,(H2,23,25)(H,24,26). The third kappa shape index (κ3) is 4.19. The summed E-state index contributed by atoms with van der Waals surface area (Å²) in [4.78, 5) is 23.7. The maximum absolute atomic E-state index is 14.5. The Morgan fingerprint density at radius 2 is 1.89 bits per heavy atom. The van der Waals surface area contributed by atoms with Crippen LogP contribution in [0.1, 0.15) is 20.7 Å². The molecule has 1 heterocycles. The van der Waals surface area contributed by atoms with Crippen molar-refractivity contribution in [1.82, 2.24) is 0 Å². The Kier molecular flexibility index (Phi) is 5.72. The summed E-state index contributed by atoms with van der Waals surface area (Å²) in [5, 5.41) is 5.43. The number of thiophene rings is 1. The van der Waals surface area contributed by atoms with Crippen molar-refractivity contribution in [2.75, 3.05) is 11.9 Å². The summed E-state index contributed by atoms with van der Waals surface area (Å²) in [7, 11) is 0. The molecule has 0 radical (unpaired) electrons. The second-order valence-corrected chi connectivity index (χ2v) is 6.48. The van der Waals surface area contributed by atoms with Gasteiger partial charge in [-0.3, -0.25) is 9.59 Å². The van der Waals surface area contributed by atoms with Crippen LogP contribution in [0.5, 0.6) is 5.75 Å². The Labute approximate surface area is 165 Å². The highest BCUT2D eigenvalue weighted by Crippen LogP contribution is 2.27. The van der Waals surface area contributed by atoms with Crippen molar-refractivity contribution in [3.05, 3.63) is 70.2 Å². The molecule has 7 heteroatoms. The van der Waals surface area contributed by atoms with Crippen LogP contribution in [-0.2, 0) is 0 Å². The van der Waals surface area contributed by atoms with E-state index in [-0.39, 0.29) is 23.4 Å². The first kappa shape index (κ1) is 19.1. The normalized spacial score (nSPS) is 10.1. The number of carbonyl (C=O) groups excluding carboxylic acids is 2. The van der Waals surface area contributed by atoms with Gasteiger partial charge >= 0.3 is 0 Å². The molecule has 0 bridgehead atoms. The summed E-state index contributed by atoms with van der Waals surface area (Å²) < 4.78 is 19.9. The van der Waals surface area contributed by atoms with E-state index >= 15 is 0 Å². The quantitative estimate of drug-likeness (QED) is 0.622. The minimum Gasteiger partial charge on any atom is -0.481 e. The van der Waals surface area contributed by atoms with E-state index < -0.39 is 17.6 Å². The van der Waals surface area contributed by atoms with E-state index in [2.05, 4.69) is 11.2 Å². The summed E-state index contributed by atoms with van der Waals surface area (Å²) in [5.41, 5.74) is 6.79. The van der Waals surface area contributed by atoms with Crippen LogP contribution in [0.2, 0.25) is 0 Å². The number of nitrogens with two attached hydrogens (primary N) is 1. The smallest absolute Gasteiger partial charge is 0.257 e. The molecule has 0 aliphatic heterocycles. The fourth-order valence-corrected chi connectivity index (χ4v) is 3.36. The summed E-state index contributed by atoms with van der Waals surface area (Å²) in [5.74, 6) is 1.02. The van der Waals surface area contributed by atoms with Gasteiger partial charge < -0.3 is 15.8 Å². The van der Waals surface area contributed by atoms with Gasteiger partial charge in [-0.25, -0.2) is 4.39 Å². The van der Waals surface area contributed by atoms with Gasteiger partial charge in [-0.05, 0) is 35.4 Å². The number of hydrogen-bond acceptors (Lipinski definition) is 4. The number of anilines is 1. The minimum absolute atomic E-state index is 0.00453. The van der Waals surface area contributed by atoms with Crippen LogP contribution in [0, 0.1) is 18.2 Å². The number of benzene rings is 2. The van der Waals surface area contributed by atoms with Gasteiger partial charge in [0.2, 0.25) is 5.91 Å². The van der Waals surface area contributed by atoms with Crippen LogP contribution in [0.25, 0.3) is 11.1 Å². The lowest BCUT2D eigenvalue weighted by atomic mass is 10.0. The van der Waals surface area contributed by atoms with Gasteiger partial charge in [-0.15, -0.1) is 6.42 Å². The molecule has 0 aliphatic carbocycles. The summed E-state index contributed by atoms with van der Waals surface area (Å²) in [6.07, 6.45) is 5.18. The number of carbonyl (C=O) groups is 2. The van der Waals surface area contributed by atoms with Crippen LogP contribution < -0.4 is 15.8 Å². The second kappa shape index (κ2) is 8.37. The molecule has 3 N–H and O–H groups in total.